The van der Waals surface area contributed by atoms with Crippen LogP contribution in [0.1, 0.15) is 38.3 Å². The first kappa shape index (κ1) is 16.4. The molecular weight excluding hydrogens is 298 g/mol. The van der Waals surface area contributed by atoms with Crippen molar-refractivity contribution in [2.45, 2.75) is 39.5 Å². The highest BCUT2D eigenvalue weighted by Gasteiger charge is 2.13. The maximum absolute atomic E-state index is 11.8. The van der Waals surface area contributed by atoms with Gasteiger partial charge in [0.2, 0.25) is 5.13 Å². The normalized spacial score (nSPS) is 11.3. The van der Waals surface area contributed by atoms with Gasteiger partial charge in [-0.2, -0.15) is 0 Å². The molecule has 0 bridgehead atoms. The first-order chi connectivity index (χ1) is 10.4. The summed E-state index contributed by atoms with van der Waals surface area (Å²) in [7, 11) is 0. The van der Waals surface area contributed by atoms with Crippen LogP contribution < -0.4 is 10.1 Å². The number of rotatable bonds is 5. The number of aromatic nitrogens is 2. The maximum atomic E-state index is 11.8. The molecule has 0 aliphatic heterocycles. The first-order valence-corrected chi connectivity index (χ1v) is 8.05. The largest absolute Gasteiger partial charge is 0.484 e. The highest BCUT2D eigenvalue weighted by Crippen LogP contribution is 2.24. The van der Waals surface area contributed by atoms with E-state index in [1.165, 1.54) is 16.9 Å². The lowest BCUT2D eigenvalue weighted by Gasteiger charge is -2.19. The summed E-state index contributed by atoms with van der Waals surface area (Å²) < 4.78 is 5.49. The van der Waals surface area contributed by atoms with Crippen molar-refractivity contribution in [3.63, 3.8) is 0 Å². The molecule has 0 unspecified atom stereocenters. The van der Waals surface area contributed by atoms with Gasteiger partial charge in [0.25, 0.3) is 5.91 Å². The van der Waals surface area contributed by atoms with Crippen LogP contribution in [-0.4, -0.2) is 22.7 Å². The number of anilines is 1. The molecule has 1 aromatic heterocycles. The minimum atomic E-state index is -0.237. The number of benzene rings is 1. The number of carbonyl (C=O) groups is 1. The third kappa shape index (κ3) is 4.53. The van der Waals surface area contributed by atoms with Crippen molar-refractivity contribution in [1.82, 2.24) is 10.2 Å². The fourth-order valence-electron chi connectivity index (χ4n) is 1.80. The number of ether oxygens (including phenoxy) is 1. The van der Waals surface area contributed by atoms with Gasteiger partial charge in [0.1, 0.15) is 10.8 Å². The molecule has 0 saturated carbocycles. The SMILES string of the molecule is CCc1nnc(NC(=O)COc2ccc(C(C)(C)C)cc2)s1. The molecule has 0 spiro atoms. The second kappa shape index (κ2) is 6.87. The lowest BCUT2D eigenvalue weighted by Crippen LogP contribution is -2.20. The molecule has 2 rings (SSSR count). The van der Waals surface area contributed by atoms with E-state index in [1.807, 2.05) is 31.2 Å². The number of carbonyl (C=O) groups excluding carboxylic acids is 1. The summed E-state index contributed by atoms with van der Waals surface area (Å²) in [6.45, 7) is 8.42. The van der Waals surface area contributed by atoms with Crippen molar-refractivity contribution in [2.75, 3.05) is 11.9 Å². The lowest BCUT2D eigenvalue weighted by atomic mass is 9.87. The molecule has 5 nitrogen and oxygen atoms in total. The minimum Gasteiger partial charge on any atom is -0.484 e. The van der Waals surface area contributed by atoms with Gasteiger partial charge in [-0.15, -0.1) is 10.2 Å². The molecule has 1 heterocycles. The van der Waals surface area contributed by atoms with Gasteiger partial charge in [-0.1, -0.05) is 51.2 Å². The van der Waals surface area contributed by atoms with Crippen LogP contribution in [0.4, 0.5) is 5.13 Å². The molecule has 0 aliphatic rings. The van der Waals surface area contributed by atoms with Gasteiger partial charge in [0.05, 0.1) is 0 Å². The van der Waals surface area contributed by atoms with E-state index in [-0.39, 0.29) is 17.9 Å². The van der Waals surface area contributed by atoms with Crippen LogP contribution in [0.25, 0.3) is 0 Å². The molecule has 1 amide bonds. The summed E-state index contributed by atoms with van der Waals surface area (Å²) in [5.74, 6) is 0.438. The highest BCUT2D eigenvalue weighted by molar-refractivity contribution is 7.15. The maximum Gasteiger partial charge on any atom is 0.264 e. The van der Waals surface area contributed by atoms with Gasteiger partial charge < -0.3 is 4.74 Å². The van der Waals surface area contributed by atoms with E-state index in [9.17, 15) is 4.79 Å². The Bertz CT molecular complexity index is 630. The van der Waals surface area contributed by atoms with Crippen LogP contribution in [0.5, 0.6) is 5.75 Å². The Balaban J connectivity index is 1.85. The van der Waals surface area contributed by atoms with Gasteiger partial charge >= 0.3 is 0 Å². The molecule has 1 N–H and O–H groups in total. The van der Waals surface area contributed by atoms with E-state index in [2.05, 4.69) is 36.3 Å². The Kier molecular flexibility index (Phi) is 5.13. The fraction of sp³-hybridized carbons (Fsp3) is 0.438. The Morgan fingerprint density at radius 3 is 2.45 bits per heavy atom. The van der Waals surface area contributed by atoms with E-state index >= 15 is 0 Å². The molecule has 118 valence electrons. The second-order valence-electron chi connectivity index (χ2n) is 5.97. The molecule has 0 radical (unpaired) electrons. The summed E-state index contributed by atoms with van der Waals surface area (Å²) in [6, 6.07) is 7.80. The Hall–Kier alpha value is -1.95. The van der Waals surface area contributed by atoms with Gasteiger partial charge in [-0.3, -0.25) is 10.1 Å². The van der Waals surface area contributed by atoms with Crippen molar-refractivity contribution in [1.29, 1.82) is 0 Å². The number of hydrogen-bond acceptors (Lipinski definition) is 5. The molecule has 2 aromatic rings. The number of hydrogen-bond donors (Lipinski definition) is 1. The average Bonchev–Trinajstić information content (AvgIpc) is 2.92. The molecule has 0 aliphatic carbocycles. The zero-order chi connectivity index (χ0) is 16.2. The fourth-order valence-corrected chi connectivity index (χ4v) is 2.50. The van der Waals surface area contributed by atoms with E-state index in [1.54, 1.807) is 0 Å². The standard InChI is InChI=1S/C16H21N3O2S/c1-5-14-18-19-15(22-14)17-13(20)10-21-12-8-6-11(7-9-12)16(2,3)4/h6-9H,5,10H2,1-4H3,(H,17,19,20). The first-order valence-electron chi connectivity index (χ1n) is 7.24. The smallest absolute Gasteiger partial charge is 0.264 e. The summed E-state index contributed by atoms with van der Waals surface area (Å²) in [4.78, 5) is 11.8. The van der Waals surface area contributed by atoms with E-state index in [0.717, 1.165) is 11.4 Å². The monoisotopic (exact) mass is 319 g/mol. The predicted octanol–water partition coefficient (Wildman–Crippen LogP) is 3.42. The number of nitrogens with zero attached hydrogens (tertiary/aromatic N) is 2. The molecule has 22 heavy (non-hydrogen) atoms. The summed E-state index contributed by atoms with van der Waals surface area (Å²) in [5, 5.41) is 11.9. The van der Waals surface area contributed by atoms with Crippen molar-refractivity contribution >= 4 is 22.4 Å². The summed E-state index contributed by atoms with van der Waals surface area (Å²) in [6.07, 6.45) is 0.810. The Morgan fingerprint density at radius 2 is 1.91 bits per heavy atom. The molecular formula is C16H21N3O2S. The average molecular weight is 319 g/mol. The Morgan fingerprint density at radius 1 is 1.23 bits per heavy atom. The summed E-state index contributed by atoms with van der Waals surface area (Å²) in [5.41, 5.74) is 1.33. The van der Waals surface area contributed by atoms with Crippen LogP contribution >= 0.6 is 11.3 Å². The molecule has 0 atom stereocenters. The molecule has 0 saturated heterocycles. The van der Waals surface area contributed by atoms with E-state index in [4.69, 9.17) is 4.74 Å². The van der Waals surface area contributed by atoms with Crippen LogP contribution in [0.2, 0.25) is 0 Å². The second-order valence-corrected chi connectivity index (χ2v) is 7.03. The summed E-state index contributed by atoms with van der Waals surface area (Å²) >= 11 is 1.38. The van der Waals surface area contributed by atoms with Crippen molar-refractivity contribution < 1.29 is 9.53 Å². The third-order valence-electron chi connectivity index (χ3n) is 3.11. The van der Waals surface area contributed by atoms with Gasteiger partial charge in [-0.05, 0) is 29.5 Å². The molecule has 6 heteroatoms. The van der Waals surface area contributed by atoms with Crippen LogP contribution in [0, 0.1) is 0 Å². The van der Waals surface area contributed by atoms with E-state index < -0.39 is 0 Å². The van der Waals surface area contributed by atoms with Crippen LogP contribution in [0.3, 0.4) is 0 Å². The Labute approximate surface area is 134 Å². The van der Waals surface area contributed by atoms with Gasteiger partial charge in [-0.25, -0.2) is 0 Å². The zero-order valence-electron chi connectivity index (χ0n) is 13.3. The lowest BCUT2D eigenvalue weighted by molar-refractivity contribution is -0.118. The highest BCUT2D eigenvalue weighted by atomic mass is 32.1. The number of aryl methyl sites for hydroxylation is 1. The number of amides is 1. The molecule has 1 aromatic carbocycles. The van der Waals surface area contributed by atoms with Gasteiger partial charge in [0, 0.05) is 0 Å². The van der Waals surface area contributed by atoms with E-state index in [0.29, 0.717) is 10.9 Å². The molecule has 0 fully saturated rings. The van der Waals surface area contributed by atoms with Crippen molar-refractivity contribution in [2.24, 2.45) is 0 Å². The minimum absolute atomic E-state index is 0.0457. The van der Waals surface area contributed by atoms with Crippen molar-refractivity contribution in [3.8, 4) is 5.75 Å². The van der Waals surface area contributed by atoms with Crippen LogP contribution in [-0.2, 0) is 16.6 Å². The van der Waals surface area contributed by atoms with Crippen molar-refractivity contribution in [3.05, 3.63) is 34.8 Å². The third-order valence-corrected chi connectivity index (χ3v) is 4.09. The van der Waals surface area contributed by atoms with Crippen LogP contribution in [0.15, 0.2) is 24.3 Å². The number of nitrogens with one attached hydrogen (secondary N) is 1. The zero-order valence-corrected chi connectivity index (χ0v) is 14.2. The topological polar surface area (TPSA) is 64.1 Å². The predicted molar refractivity (Wildman–Crippen MR) is 88.6 cm³/mol. The van der Waals surface area contributed by atoms with Gasteiger partial charge in [0.15, 0.2) is 6.61 Å². The quantitative estimate of drug-likeness (QED) is 0.917.